The number of nitrogen functional groups attached to an aromatic ring is 1. The van der Waals surface area contributed by atoms with Gasteiger partial charge in [0, 0.05) is 26.8 Å². The lowest BCUT2D eigenvalue weighted by Crippen LogP contribution is -1.96. The summed E-state index contributed by atoms with van der Waals surface area (Å²) in [6.07, 6.45) is 1.64. The van der Waals surface area contributed by atoms with Gasteiger partial charge in [-0.05, 0) is 40.2 Å². The van der Waals surface area contributed by atoms with E-state index in [-0.39, 0.29) is 0 Å². The van der Waals surface area contributed by atoms with Gasteiger partial charge in [0.05, 0.1) is 7.11 Å². The average molecular weight is 314 g/mol. The second-order valence-electron chi connectivity index (χ2n) is 3.40. The second kappa shape index (κ2) is 4.94. The van der Waals surface area contributed by atoms with E-state index in [0.717, 1.165) is 15.6 Å². The summed E-state index contributed by atoms with van der Waals surface area (Å²) in [7, 11) is 1.59. The van der Waals surface area contributed by atoms with Crippen molar-refractivity contribution in [3.8, 4) is 16.9 Å². The quantitative estimate of drug-likeness (QED) is 0.918. The van der Waals surface area contributed by atoms with Gasteiger partial charge in [0.15, 0.2) is 0 Å². The summed E-state index contributed by atoms with van der Waals surface area (Å²) in [5, 5.41) is 0.615. The van der Waals surface area contributed by atoms with E-state index in [1.165, 1.54) is 0 Å². The minimum absolute atomic E-state index is 0.444. The van der Waals surface area contributed by atoms with Crippen LogP contribution >= 0.6 is 27.5 Å². The topological polar surface area (TPSA) is 48.1 Å². The summed E-state index contributed by atoms with van der Waals surface area (Å²) < 4.78 is 6.17. The Labute approximate surface area is 113 Å². The third-order valence-electron chi connectivity index (χ3n) is 2.36. The number of pyridine rings is 1. The molecular formula is C12H10BrClN2O. The van der Waals surface area contributed by atoms with Crippen molar-refractivity contribution in [2.45, 2.75) is 0 Å². The Kier molecular flexibility index (Phi) is 3.54. The van der Waals surface area contributed by atoms with Crippen molar-refractivity contribution >= 4 is 33.3 Å². The summed E-state index contributed by atoms with van der Waals surface area (Å²) >= 11 is 9.38. The molecule has 0 saturated heterocycles. The SMILES string of the molecule is COc1cc(Cl)ccc1-c1c(Br)ccnc1N. The van der Waals surface area contributed by atoms with Gasteiger partial charge in [0.25, 0.3) is 0 Å². The zero-order valence-corrected chi connectivity index (χ0v) is 11.4. The van der Waals surface area contributed by atoms with E-state index < -0.39 is 0 Å². The second-order valence-corrected chi connectivity index (χ2v) is 4.69. The summed E-state index contributed by atoms with van der Waals surface area (Å²) in [5.74, 6) is 1.11. The summed E-state index contributed by atoms with van der Waals surface area (Å²) in [4.78, 5) is 4.07. The van der Waals surface area contributed by atoms with Gasteiger partial charge < -0.3 is 10.5 Å². The number of hydrogen-bond acceptors (Lipinski definition) is 3. The van der Waals surface area contributed by atoms with Crippen LogP contribution in [0.15, 0.2) is 34.9 Å². The van der Waals surface area contributed by atoms with Crippen molar-refractivity contribution < 1.29 is 4.74 Å². The van der Waals surface area contributed by atoms with Crippen LogP contribution in [0.5, 0.6) is 5.75 Å². The molecule has 0 bridgehead atoms. The summed E-state index contributed by atoms with van der Waals surface area (Å²) in [6, 6.07) is 7.23. The van der Waals surface area contributed by atoms with Gasteiger partial charge in [0.1, 0.15) is 11.6 Å². The van der Waals surface area contributed by atoms with E-state index in [1.54, 1.807) is 25.4 Å². The monoisotopic (exact) mass is 312 g/mol. The fraction of sp³-hybridized carbons (Fsp3) is 0.0833. The smallest absolute Gasteiger partial charge is 0.132 e. The first-order valence-electron chi connectivity index (χ1n) is 4.87. The van der Waals surface area contributed by atoms with Crippen LogP contribution in [0.4, 0.5) is 5.82 Å². The van der Waals surface area contributed by atoms with Crippen molar-refractivity contribution in [3.63, 3.8) is 0 Å². The highest BCUT2D eigenvalue weighted by atomic mass is 79.9. The highest BCUT2D eigenvalue weighted by molar-refractivity contribution is 9.10. The van der Waals surface area contributed by atoms with E-state index in [0.29, 0.717) is 16.6 Å². The molecule has 2 rings (SSSR count). The van der Waals surface area contributed by atoms with Crippen LogP contribution in [-0.2, 0) is 0 Å². The van der Waals surface area contributed by atoms with Crippen LogP contribution in [0.1, 0.15) is 0 Å². The number of halogens is 2. The number of methoxy groups -OCH3 is 1. The van der Waals surface area contributed by atoms with Gasteiger partial charge in [-0.3, -0.25) is 0 Å². The van der Waals surface area contributed by atoms with Crippen molar-refractivity contribution in [2.75, 3.05) is 12.8 Å². The average Bonchev–Trinajstić information content (AvgIpc) is 2.30. The minimum Gasteiger partial charge on any atom is -0.496 e. The minimum atomic E-state index is 0.444. The maximum atomic E-state index is 5.92. The van der Waals surface area contributed by atoms with Gasteiger partial charge >= 0.3 is 0 Å². The Morgan fingerprint density at radius 2 is 2.12 bits per heavy atom. The Morgan fingerprint density at radius 1 is 1.35 bits per heavy atom. The lowest BCUT2D eigenvalue weighted by atomic mass is 10.1. The number of rotatable bonds is 2. The van der Waals surface area contributed by atoms with Gasteiger partial charge in [-0.2, -0.15) is 0 Å². The Hall–Kier alpha value is -1.26. The molecule has 0 amide bonds. The molecule has 0 unspecified atom stereocenters. The molecule has 0 aliphatic rings. The molecule has 2 aromatic rings. The molecule has 0 saturated carbocycles. The van der Waals surface area contributed by atoms with Crippen molar-refractivity contribution in [1.29, 1.82) is 0 Å². The number of hydrogen-bond donors (Lipinski definition) is 1. The third kappa shape index (κ3) is 2.37. The Bertz CT molecular complexity index is 540. The molecule has 0 radical (unpaired) electrons. The maximum absolute atomic E-state index is 5.92. The predicted octanol–water partition coefficient (Wildman–Crippen LogP) is 3.76. The molecule has 0 spiro atoms. The lowest BCUT2D eigenvalue weighted by Gasteiger charge is -2.12. The molecule has 0 aliphatic carbocycles. The first-order valence-corrected chi connectivity index (χ1v) is 6.04. The van der Waals surface area contributed by atoms with Gasteiger partial charge in [-0.25, -0.2) is 4.98 Å². The fourth-order valence-corrected chi connectivity index (χ4v) is 2.29. The number of aromatic nitrogens is 1. The molecular weight excluding hydrogens is 304 g/mol. The molecule has 1 aromatic heterocycles. The van der Waals surface area contributed by atoms with Crippen LogP contribution in [0, 0.1) is 0 Å². The van der Waals surface area contributed by atoms with Crippen molar-refractivity contribution in [3.05, 3.63) is 40.0 Å². The predicted molar refractivity (Wildman–Crippen MR) is 73.3 cm³/mol. The fourth-order valence-electron chi connectivity index (χ4n) is 1.59. The van der Waals surface area contributed by atoms with Crippen molar-refractivity contribution in [2.24, 2.45) is 0 Å². The van der Waals surface area contributed by atoms with Gasteiger partial charge in [0.2, 0.25) is 0 Å². The standard InChI is InChI=1S/C12H10BrClN2O/c1-17-10-6-7(14)2-3-8(10)11-9(13)4-5-16-12(11)15/h2-6H,1H3,(H2,15,16). The Morgan fingerprint density at radius 3 is 2.76 bits per heavy atom. The third-order valence-corrected chi connectivity index (χ3v) is 3.26. The number of ether oxygens (including phenoxy) is 1. The number of nitrogens with zero attached hydrogens (tertiary/aromatic N) is 1. The molecule has 1 heterocycles. The first-order chi connectivity index (χ1) is 8.13. The van der Waals surface area contributed by atoms with Crippen LogP contribution in [0.25, 0.3) is 11.1 Å². The highest BCUT2D eigenvalue weighted by Crippen LogP contribution is 2.38. The normalized spacial score (nSPS) is 10.3. The lowest BCUT2D eigenvalue weighted by molar-refractivity contribution is 0.416. The van der Waals surface area contributed by atoms with Gasteiger partial charge in [-0.15, -0.1) is 0 Å². The molecule has 2 N–H and O–H groups in total. The number of benzene rings is 1. The molecule has 5 heteroatoms. The molecule has 0 atom stereocenters. The van der Waals surface area contributed by atoms with Gasteiger partial charge in [-0.1, -0.05) is 11.6 Å². The Balaban J connectivity index is 2.68. The first kappa shape index (κ1) is 12.2. The molecule has 88 valence electrons. The van der Waals surface area contributed by atoms with E-state index >= 15 is 0 Å². The summed E-state index contributed by atoms with van der Waals surface area (Å²) in [6.45, 7) is 0. The molecule has 3 nitrogen and oxygen atoms in total. The van der Waals surface area contributed by atoms with Crippen LogP contribution in [0.3, 0.4) is 0 Å². The number of anilines is 1. The zero-order chi connectivity index (χ0) is 12.4. The molecule has 0 fully saturated rings. The largest absolute Gasteiger partial charge is 0.496 e. The van der Waals surface area contributed by atoms with Crippen molar-refractivity contribution in [1.82, 2.24) is 4.98 Å². The van der Waals surface area contributed by atoms with E-state index in [4.69, 9.17) is 22.1 Å². The van der Waals surface area contributed by atoms with E-state index in [1.807, 2.05) is 12.1 Å². The summed E-state index contributed by atoms with van der Waals surface area (Å²) in [5.41, 5.74) is 7.55. The van der Waals surface area contributed by atoms with Crippen LogP contribution < -0.4 is 10.5 Å². The molecule has 0 aliphatic heterocycles. The maximum Gasteiger partial charge on any atom is 0.132 e. The van der Waals surface area contributed by atoms with E-state index in [2.05, 4.69) is 20.9 Å². The van der Waals surface area contributed by atoms with Crippen LogP contribution in [-0.4, -0.2) is 12.1 Å². The molecule has 1 aromatic carbocycles. The number of nitrogens with two attached hydrogens (primary N) is 1. The zero-order valence-electron chi connectivity index (χ0n) is 9.08. The van der Waals surface area contributed by atoms with E-state index in [9.17, 15) is 0 Å². The highest BCUT2D eigenvalue weighted by Gasteiger charge is 2.13. The molecule has 17 heavy (non-hydrogen) atoms. The van der Waals surface area contributed by atoms with Crippen LogP contribution in [0.2, 0.25) is 5.02 Å².